The fourth-order valence-corrected chi connectivity index (χ4v) is 1.37. The third kappa shape index (κ3) is 5.21. The van der Waals surface area contributed by atoms with Crippen LogP contribution in [0.3, 0.4) is 0 Å². The monoisotopic (exact) mass is 273 g/mol. The number of carbonyl (C=O) groups excluding carboxylic acids is 1. The summed E-state index contributed by atoms with van der Waals surface area (Å²) in [6.45, 7) is 3.21. The van der Waals surface area contributed by atoms with Crippen LogP contribution in [0.2, 0.25) is 0 Å². The molecule has 1 amide bonds. The molecule has 4 nitrogen and oxygen atoms in total. The van der Waals surface area contributed by atoms with Crippen molar-refractivity contribution in [1.82, 2.24) is 5.32 Å². The van der Waals surface area contributed by atoms with E-state index in [0.717, 1.165) is 0 Å². The van der Waals surface area contributed by atoms with Crippen molar-refractivity contribution >= 4 is 5.91 Å². The molecular weight excluding hydrogens is 256 g/mol. The molecule has 1 unspecified atom stereocenters. The molecule has 0 aliphatic rings. The number of alkyl halides is 2. The van der Waals surface area contributed by atoms with Gasteiger partial charge in [-0.2, -0.15) is 0 Å². The zero-order valence-corrected chi connectivity index (χ0v) is 10.8. The van der Waals surface area contributed by atoms with E-state index in [4.69, 9.17) is 9.84 Å². The maximum atomic E-state index is 12.1. The first-order valence-corrected chi connectivity index (χ1v) is 5.91. The van der Waals surface area contributed by atoms with E-state index in [1.807, 2.05) is 13.8 Å². The fraction of sp³-hybridized carbons (Fsp3) is 0.462. The van der Waals surface area contributed by atoms with Crippen molar-refractivity contribution in [2.24, 2.45) is 0 Å². The number of carbonyl (C=O) groups is 1. The van der Waals surface area contributed by atoms with Gasteiger partial charge >= 0.3 is 0 Å². The van der Waals surface area contributed by atoms with Gasteiger partial charge in [0.2, 0.25) is 0 Å². The second-order valence-corrected chi connectivity index (χ2v) is 4.31. The SMILES string of the molecule is CC(C)Oc1cccc(C(=O)NCC(O)C(F)F)c1. The van der Waals surface area contributed by atoms with E-state index in [-0.39, 0.29) is 6.10 Å². The topological polar surface area (TPSA) is 58.6 Å². The minimum absolute atomic E-state index is 0.0287. The second kappa shape index (κ2) is 7.04. The lowest BCUT2D eigenvalue weighted by atomic mass is 10.2. The number of ether oxygens (including phenoxy) is 1. The van der Waals surface area contributed by atoms with Gasteiger partial charge in [-0.25, -0.2) is 8.78 Å². The van der Waals surface area contributed by atoms with Crippen LogP contribution in [0.5, 0.6) is 5.75 Å². The van der Waals surface area contributed by atoms with Gasteiger partial charge in [0.15, 0.2) is 0 Å². The van der Waals surface area contributed by atoms with Crippen molar-refractivity contribution in [2.45, 2.75) is 32.5 Å². The Morgan fingerprint density at radius 3 is 2.68 bits per heavy atom. The first kappa shape index (κ1) is 15.4. The van der Waals surface area contributed by atoms with Crippen LogP contribution in [-0.2, 0) is 0 Å². The average Bonchev–Trinajstić information content (AvgIpc) is 2.34. The number of hydrogen-bond acceptors (Lipinski definition) is 3. The second-order valence-electron chi connectivity index (χ2n) is 4.31. The number of nitrogens with one attached hydrogen (secondary N) is 1. The number of benzene rings is 1. The number of rotatable bonds is 6. The number of hydrogen-bond donors (Lipinski definition) is 2. The van der Waals surface area contributed by atoms with Crippen molar-refractivity contribution in [3.05, 3.63) is 29.8 Å². The Hall–Kier alpha value is -1.69. The van der Waals surface area contributed by atoms with Gasteiger partial charge in [0, 0.05) is 12.1 Å². The number of amides is 1. The van der Waals surface area contributed by atoms with Crippen molar-refractivity contribution in [2.75, 3.05) is 6.54 Å². The van der Waals surface area contributed by atoms with Gasteiger partial charge in [-0.05, 0) is 32.0 Å². The van der Waals surface area contributed by atoms with Gasteiger partial charge in [0.05, 0.1) is 6.10 Å². The van der Waals surface area contributed by atoms with E-state index in [2.05, 4.69) is 5.32 Å². The maximum absolute atomic E-state index is 12.1. The third-order valence-electron chi connectivity index (χ3n) is 2.23. The molecule has 0 saturated carbocycles. The van der Waals surface area contributed by atoms with Crippen LogP contribution >= 0.6 is 0 Å². The predicted molar refractivity (Wildman–Crippen MR) is 66.6 cm³/mol. The molecule has 0 aliphatic heterocycles. The Bertz CT molecular complexity index is 424. The summed E-state index contributed by atoms with van der Waals surface area (Å²) < 4.78 is 29.6. The highest BCUT2D eigenvalue weighted by molar-refractivity contribution is 5.94. The predicted octanol–water partition coefficient (Wildman–Crippen LogP) is 1.83. The zero-order chi connectivity index (χ0) is 14.4. The Balaban J connectivity index is 2.61. The third-order valence-corrected chi connectivity index (χ3v) is 2.23. The summed E-state index contributed by atoms with van der Waals surface area (Å²) in [5, 5.41) is 11.1. The van der Waals surface area contributed by atoms with E-state index < -0.39 is 25.0 Å². The minimum Gasteiger partial charge on any atom is -0.491 e. The number of aliphatic hydroxyl groups excluding tert-OH is 1. The minimum atomic E-state index is -2.88. The molecule has 1 atom stereocenters. The fourth-order valence-electron chi connectivity index (χ4n) is 1.37. The van der Waals surface area contributed by atoms with E-state index in [1.54, 1.807) is 12.1 Å². The Kier molecular flexibility index (Phi) is 5.69. The van der Waals surface area contributed by atoms with Crippen LogP contribution < -0.4 is 10.1 Å². The molecule has 0 heterocycles. The van der Waals surface area contributed by atoms with Crippen LogP contribution in [0.4, 0.5) is 8.78 Å². The first-order valence-electron chi connectivity index (χ1n) is 5.91. The Morgan fingerprint density at radius 1 is 1.42 bits per heavy atom. The summed E-state index contributed by atoms with van der Waals surface area (Å²) in [5.74, 6) is -0.00837. The quantitative estimate of drug-likeness (QED) is 0.831. The normalized spacial score (nSPS) is 12.6. The van der Waals surface area contributed by atoms with Gasteiger partial charge in [-0.15, -0.1) is 0 Å². The molecule has 0 bridgehead atoms. The van der Waals surface area contributed by atoms with Crippen LogP contribution in [-0.4, -0.2) is 36.2 Å². The van der Waals surface area contributed by atoms with Gasteiger partial charge in [0.1, 0.15) is 11.9 Å². The first-order chi connectivity index (χ1) is 8.90. The molecule has 0 aliphatic carbocycles. The number of aliphatic hydroxyl groups is 1. The maximum Gasteiger partial charge on any atom is 0.265 e. The van der Waals surface area contributed by atoms with Crippen LogP contribution in [0, 0.1) is 0 Å². The largest absolute Gasteiger partial charge is 0.491 e. The van der Waals surface area contributed by atoms with E-state index in [1.165, 1.54) is 12.1 Å². The van der Waals surface area contributed by atoms with Crippen LogP contribution in [0.25, 0.3) is 0 Å². The molecule has 2 N–H and O–H groups in total. The smallest absolute Gasteiger partial charge is 0.265 e. The molecule has 0 spiro atoms. The van der Waals surface area contributed by atoms with E-state index in [0.29, 0.717) is 11.3 Å². The highest BCUT2D eigenvalue weighted by Gasteiger charge is 2.18. The highest BCUT2D eigenvalue weighted by atomic mass is 19.3. The van der Waals surface area contributed by atoms with Gasteiger partial charge < -0.3 is 15.2 Å². The molecule has 6 heteroatoms. The van der Waals surface area contributed by atoms with Crippen LogP contribution in [0.15, 0.2) is 24.3 Å². The molecule has 0 fully saturated rings. The lowest BCUT2D eigenvalue weighted by Gasteiger charge is -2.12. The summed E-state index contributed by atoms with van der Waals surface area (Å²) >= 11 is 0. The van der Waals surface area contributed by atoms with E-state index in [9.17, 15) is 13.6 Å². The van der Waals surface area contributed by atoms with Crippen molar-refractivity contribution in [3.63, 3.8) is 0 Å². The molecular formula is C13H17F2NO3. The lowest BCUT2D eigenvalue weighted by molar-refractivity contribution is -0.00270. The van der Waals surface area contributed by atoms with E-state index >= 15 is 0 Å². The standard InChI is InChI=1S/C13H17F2NO3/c1-8(2)19-10-5-3-4-9(6-10)13(18)16-7-11(17)12(14)15/h3-6,8,11-12,17H,7H2,1-2H3,(H,16,18). The molecule has 0 aromatic heterocycles. The Morgan fingerprint density at radius 2 is 2.11 bits per heavy atom. The molecule has 0 saturated heterocycles. The van der Waals surface area contributed by atoms with Crippen LogP contribution in [0.1, 0.15) is 24.2 Å². The summed E-state index contributed by atoms with van der Waals surface area (Å²) in [7, 11) is 0. The summed E-state index contributed by atoms with van der Waals surface area (Å²) in [6.07, 6.45) is -4.77. The number of halogens is 2. The molecule has 0 radical (unpaired) electrons. The van der Waals surface area contributed by atoms with Crippen molar-refractivity contribution in [1.29, 1.82) is 0 Å². The molecule has 106 valence electrons. The lowest BCUT2D eigenvalue weighted by Crippen LogP contribution is -2.35. The summed E-state index contributed by atoms with van der Waals surface area (Å²) in [6, 6.07) is 6.39. The summed E-state index contributed by atoms with van der Waals surface area (Å²) in [5.41, 5.74) is 0.291. The molecule has 19 heavy (non-hydrogen) atoms. The van der Waals surface area contributed by atoms with Gasteiger partial charge in [-0.3, -0.25) is 4.79 Å². The molecule has 1 aromatic carbocycles. The molecule has 1 rings (SSSR count). The zero-order valence-electron chi connectivity index (χ0n) is 10.8. The van der Waals surface area contributed by atoms with Crippen molar-refractivity contribution < 1.29 is 23.4 Å². The Labute approximate surface area is 110 Å². The van der Waals surface area contributed by atoms with Gasteiger partial charge in [-0.1, -0.05) is 6.07 Å². The average molecular weight is 273 g/mol. The molecule has 1 aromatic rings. The summed E-state index contributed by atoms with van der Waals surface area (Å²) in [4.78, 5) is 11.7. The van der Waals surface area contributed by atoms with Gasteiger partial charge in [0.25, 0.3) is 12.3 Å². The highest BCUT2D eigenvalue weighted by Crippen LogP contribution is 2.14. The van der Waals surface area contributed by atoms with Crippen molar-refractivity contribution in [3.8, 4) is 5.75 Å².